The Kier molecular flexibility index (Phi) is 3.99. The lowest BCUT2D eigenvalue weighted by molar-refractivity contribution is 0.379. The van der Waals surface area contributed by atoms with E-state index in [0.29, 0.717) is 5.82 Å². The first-order chi connectivity index (χ1) is 9.03. The van der Waals surface area contributed by atoms with E-state index >= 15 is 0 Å². The highest BCUT2D eigenvalue weighted by atomic mass is 32.2. The van der Waals surface area contributed by atoms with Crippen molar-refractivity contribution in [2.75, 3.05) is 0 Å². The average molecular weight is 280 g/mol. The van der Waals surface area contributed by atoms with Gasteiger partial charge in [0, 0.05) is 5.92 Å². The van der Waals surface area contributed by atoms with Gasteiger partial charge in [-0.05, 0) is 18.6 Å². The highest BCUT2D eigenvalue weighted by Crippen LogP contribution is 2.18. The maximum atomic E-state index is 12.1. The van der Waals surface area contributed by atoms with E-state index < -0.39 is 9.84 Å². The van der Waals surface area contributed by atoms with Gasteiger partial charge in [0.25, 0.3) is 0 Å². The summed E-state index contributed by atoms with van der Waals surface area (Å²) in [6, 6.07) is 8.26. The van der Waals surface area contributed by atoms with Gasteiger partial charge in [0.1, 0.15) is 5.75 Å². The minimum atomic E-state index is -3.43. The van der Waals surface area contributed by atoms with Crippen molar-refractivity contribution in [3.05, 3.63) is 42.0 Å². The molecule has 0 saturated carbocycles. The Bertz CT molecular complexity index is 635. The van der Waals surface area contributed by atoms with Crippen molar-refractivity contribution in [1.82, 2.24) is 10.1 Å². The van der Waals surface area contributed by atoms with Gasteiger partial charge in [-0.3, -0.25) is 0 Å². The standard InChI is InChI=1S/C13H16N2O3S/c1-3-10(2)13-14-12(18-15-13)9-19(16,17)11-7-5-4-6-8-11/h4-8,10H,3,9H2,1-2H3. The largest absolute Gasteiger partial charge is 0.338 e. The Morgan fingerprint density at radius 1 is 1.26 bits per heavy atom. The third kappa shape index (κ3) is 3.20. The summed E-state index contributed by atoms with van der Waals surface area (Å²) < 4.78 is 29.2. The number of rotatable bonds is 5. The molecule has 1 atom stereocenters. The minimum absolute atomic E-state index is 0.138. The molecule has 0 aliphatic rings. The summed E-state index contributed by atoms with van der Waals surface area (Å²) in [5.41, 5.74) is 0. The van der Waals surface area contributed by atoms with E-state index in [-0.39, 0.29) is 22.5 Å². The molecule has 0 spiro atoms. The van der Waals surface area contributed by atoms with Crippen LogP contribution >= 0.6 is 0 Å². The lowest BCUT2D eigenvalue weighted by Crippen LogP contribution is -2.05. The summed E-state index contributed by atoms with van der Waals surface area (Å²) in [7, 11) is -3.43. The first kappa shape index (κ1) is 13.7. The molecular formula is C13H16N2O3S. The fourth-order valence-electron chi connectivity index (χ4n) is 1.58. The van der Waals surface area contributed by atoms with E-state index in [1.807, 2.05) is 13.8 Å². The molecule has 1 unspecified atom stereocenters. The van der Waals surface area contributed by atoms with Gasteiger partial charge in [-0.1, -0.05) is 37.2 Å². The summed E-state index contributed by atoms with van der Waals surface area (Å²) in [6.07, 6.45) is 0.879. The molecule has 102 valence electrons. The van der Waals surface area contributed by atoms with E-state index in [0.717, 1.165) is 6.42 Å². The second-order valence-corrected chi connectivity index (χ2v) is 6.42. The van der Waals surface area contributed by atoms with E-state index in [1.54, 1.807) is 30.3 Å². The summed E-state index contributed by atoms with van der Waals surface area (Å²) in [5.74, 6) is 0.595. The van der Waals surface area contributed by atoms with Crippen molar-refractivity contribution in [2.24, 2.45) is 0 Å². The number of nitrogens with zero attached hydrogens (tertiary/aromatic N) is 2. The van der Waals surface area contributed by atoms with Crippen LogP contribution in [0.25, 0.3) is 0 Å². The predicted octanol–water partition coefficient (Wildman–Crippen LogP) is 2.56. The topological polar surface area (TPSA) is 73.1 Å². The van der Waals surface area contributed by atoms with E-state index in [9.17, 15) is 8.42 Å². The smallest absolute Gasteiger partial charge is 0.242 e. The third-order valence-electron chi connectivity index (χ3n) is 2.95. The van der Waals surface area contributed by atoms with Crippen LogP contribution in [0.1, 0.15) is 37.9 Å². The minimum Gasteiger partial charge on any atom is -0.338 e. The molecule has 1 aromatic heterocycles. The molecule has 0 amide bonds. The van der Waals surface area contributed by atoms with Gasteiger partial charge in [-0.15, -0.1) is 0 Å². The first-order valence-electron chi connectivity index (χ1n) is 6.13. The van der Waals surface area contributed by atoms with Crippen LogP contribution < -0.4 is 0 Å². The van der Waals surface area contributed by atoms with Crippen molar-refractivity contribution in [1.29, 1.82) is 0 Å². The average Bonchev–Trinajstić information content (AvgIpc) is 2.86. The molecular weight excluding hydrogens is 264 g/mol. The second-order valence-electron chi connectivity index (χ2n) is 4.43. The molecule has 0 aliphatic carbocycles. The van der Waals surface area contributed by atoms with E-state index in [1.165, 1.54) is 0 Å². The molecule has 0 bridgehead atoms. The third-order valence-corrected chi connectivity index (χ3v) is 4.57. The molecule has 6 heteroatoms. The number of benzene rings is 1. The van der Waals surface area contributed by atoms with Crippen LogP contribution in [-0.4, -0.2) is 18.6 Å². The van der Waals surface area contributed by atoms with Crippen molar-refractivity contribution in [3.63, 3.8) is 0 Å². The maximum absolute atomic E-state index is 12.1. The van der Waals surface area contributed by atoms with E-state index in [2.05, 4.69) is 10.1 Å². The molecule has 0 fully saturated rings. The summed E-state index contributed by atoms with van der Waals surface area (Å²) in [5, 5.41) is 3.81. The zero-order valence-electron chi connectivity index (χ0n) is 10.9. The maximum Gasteiger partial charge on any atom is 0.242 e. The van der Waals surface area contributed by atoms with Crippen LogP contribution in [0.15, 0.2) is 39.8 Å². The van der Waals surface area contributed by atoms with Crippen LogP contribution in [0, 0.1) is 0 Å². The quantitative estimate of drug-likeness (QED) is 0.841. The molecule has 1 aromatic carbocycles. The second kappa shape index (κ2) is 5.52. The monoisotopic (exact) mass is 280 g/mol. The summed E-state index contributed by atoms with van der Waals surface area (Å²) in [4.78, 5) is 4.40. The van der Waals surface area contributed by atoms with Crippen LogP contribution in [-0.2, 0) is 15.6 Å². The van der Waals surface area contributed by atoms with Crippen molar-refractivity contribution in [3.8, 4) is 0 Å². The van der Waals surface area contributed by atoms with Gasteiger partial charge in [0.15, 0.2) is 15.7 Å². The Morgan fingerprint density at radius 3 is 2.58 bits per heavy atom. The molecule has 0 aliphatic heterocycles. The van der Waals surface area contributed by atoms with Crippen LogP contribution in [0.2, 0.25) is 0 Å². The van der Waals surface area contributed by atoms with Crippen molar-refractivity contribution < 1.29 is 12.9 Å². The van der Waals surface area contributed by atoms with Crippen LogP contribution in [0.4, 0.5) is 0 Å². The Morgan fingerprint density at radius 2 is 1.95 bits per heavy atom. The molecule has 0 N–H and O–H groups in total. The molecule has 2 rings (SSSR count). The molecule has 19 heavy (non-hydrogen) atoms. The van der Waals surface area contributed by atoms with Crippen molar-refractivity contribution >= 4 is 9.84 Å². The summed E-state index contributed by atoms with van der Waals surface area (Å²) >= 11 is 0. The van der Waals surface area contributed by atoms with Crippen LogP contribution in [0.5, 0.6) is 0 Å². The normalized spacial score (nSPS) is 13.4. The Hall–Kier alpha value is -1.69. The van der Waals surface area contributed by atoms with Gasteiger partial charge >= 0.3 is 0 Å². The van der Waals surface area contributed by atoms with Crippen LogP contribution in [0.3, 0.4) is 0 Å². The highest BCUT2D eigenvalue weighted by molar-refractivity contribution is 7.90. The van der Waals surface area contributed by atoms with Gasteiger partial charge in [-0.25, -0.2) is 8.42 Å². The number of hydrogen-bond acceptors (Lipinski definition) is 5. The lowest BCUT2D eigenvalue weighted by atomic mass is 10.1. The predicted molar refractivity (Wildman–Crippen MR) is 70.3 cm³/mol. The molecule has 1 heterocycles. The van der Waals surface area contributed by atoms with Crippen molar-refractivity contribution in [2.45, 2.75) is 36.8 Å². The zero-order chi connectivity index (χ0) is 13.9. The fourth-order valence-corrected chi connectivity index (χ4v) is 2.76. The highest BCUT2D eigenvalue weighted by Gasteiger charge is 2.20. The molecule has 0 saturated heterocycles. The molecule has 0 radical (unpaired) electrons. The SMILES string of the molecule is CCC(C)c1noc(CS(=O)(=O)c2ccccc2)n1. The number of aromatic nitrogens is 2. The molecule has 2 aromatic rings. The number of sulfone groups is 1. The van der Waals surface area contributed by atoms with Gasteiger partial charge < -0.3 is 4.52 Å². The van der Waals surface area contributed by atoms with Gasteiger partial charge in [0.2, 0.25) is 5.89 Å². The zero-order valence-corrected chi connectivity index (χ0v) is 11.7. The van der Waals surface area contributed by atoms with Gasteiger partial charge in [0.05, 0.1) is 4.90 Å². The number of hydrogen-bond donors (Lipinski definition) is 0. The van der Waals surface area contributed by atoms with E-state index in [4.69, 9.17) is 4.52 Å². The fraction of sp³-hybridized carbons (Fsp3) is 0.385. The summed E-state index contributed by atoms with van der Waals surface area (Å²) in [6.45, 7) is 3.99. The Labute approximate surface area is 112 Å². The molecule has 5 nitrogen and oxygen atoms in total. The first-order valence-corrected chi connectivity index (χ1v) is 7.78. The Balaban J connectivity index is 2.19. The van der Waals surface area contributed by atoms with Gasteiger partial charge in [-0.2, -0.15) is 4.98 Å². The lowest BCUT2D eigenvalue weighted by Gasteiger charge is -2.00.